The van der Waals surface area contributed by atoms with Gasteiger partial charge in [0.1, 0.15) is 4.83 Å². The number of nitrogens with one attached hydrogen (secondary N) is 1. The monoisotopic (exact) mass is 495 g/mol. The molecule has 1 N–H and O–H groups in total. The fourth-order valence-corrected chi connectivity index (χ4v) is 6.31. The minimum absolute atomic E-state index is 0.00711. The van der Waals surface area contributed by atoms with Crippen LogP contribution in [0, 0.1) is 0 Å². The molecule has 0 spiro atoms. The molecule has 0 aliphatic heterocycles. The summed E-state index contributed by atoms with van der Waals surface area (Å²) in [7, 11) is 0. The second-order valence-electron chi connectivity index (χ2n) is 8.00. The number of halogens is 1. The predicted molar refractivity (Wildman–Crippen MR) is 135 cm³/mol. The number of carbonyl (C=O) groups is 1. The SMILES string of the molecule is O=C(CSc1nc2sc3c(c2c(=O)n1Cc1ccccc1)CCC3)NCc1ccc(Cl)cc1. The van der Waals surface area contributed by atoms with Crippen molar-refractivity contribution in [3.05, 3.63) is 91.5 Å². The third-order valence-corrected chi connectivity index (χ3v) is 8.12. The molecule has 1 aliphatic rings. The van der Waals surface area contributed by atoms with Crippen LogP contribution < -0.4 is 10.9 Å². The molecule has 0 fully saturated rings. The van der Waals surface area contributed by atoms with Crippen LogP contribution in [0.25, 0.3) is 10.2 Å². The molecule has 33 heavy (non-hydrogen) atoms. The minimum Gasteiger partial charge on any atom is -0.351 e. The van der Waals surface area contributed by atoms with Crippen LogP contribution in [0.4, 0.5) is 0 Å². The molecule has 0 saturated carbocycles. The topological polar surface area (TPSA) is 64.0 Å². The van der Waals surface area contributed by atoms with Gasteiger partial charge in [-0.15, -0.1) is 11.3 Å². The molecule has 0 saturated heterocycles. The predicted octanol–water partition coefficient (Wildman–Crippen LogP) is 5.06. The molecule has 5 rings (SSSR count). The molecule has 1 aliphatic carbocycles. The molecule has 2 heterocycles. The Hall–Kier alpha value is -2.61. The van der Waals surface area contributed by atoms with Crippen LogP contribution in [0.15, 0.2) is 64.5 Å². The first-order valence-electron chi connectivity index (χ1n) is 10.8. The molecule has 8 heteroatoms. The first-order chi connectivity index (χ1) is 16.1. The summed E-state index contributed by atoms with van der Waals surface area (Å²) in [6.07, 6.45) is 3.06. The van der Waals surface area contributed by atoms with Crippen molar-refractivity contribution in [3.8, 4) is 0 Å². The van der Waals surface area contributed by atoms with E-state index < -0.39 is 0 Å². The normalized spacial score (nSPS) is 12.8. The number of amides is 1. The van der Waals surface area contributed by atoms with Gasteiger partial charge in [-0.2, -0.15) is 0 Å². The van der Waals surface area contributed by atoms with Gasteiger partial charge in [0, 0.05) is 16.4 Å². The molecule has 2 aromatic heterocycles. The van der Waals surface area contributed by atoms with Crippen LogP contribution >= 0.6 is 34.7 Å². The Bertz CT molecular complexity index is 1360. The maximum Gasteiger partial charge on any atom is 0.263 e. The number of rotatable bonds is 7. The first kappa shape index (κ1) is 22.2. The summed E-state index contributed by atoms with van der Waals surface area (Å²) in [6, 6.07) is 17.3. The maximum atomic E-state index is 13.6. The highest BCUT2D eigenvalue weighted by atomic mass is 35.5. The fraction of sp³-hybridized carbons (Fsp3) is 0.240. The average molecular weight is 496 g/mol. The van der Waals surface area contributed by atoms with E-state index in [-0.39, 0.29) is 17.2 Å². The molecule has 0 atom stereocenters. The van der Waals surface area contributed by atoms with Gasteiger partial charge >= 0.3 is 0 Å². The number of aromatic nitrogens is 2. The maximum absolute atomic E-state index is 13.6. The Labute approximate surface area is 204 Å². The van der Waals surface area contributed by atoms with Gasteiger partial charge in [0.05, 0.1) is 17.7 Å². The van der Waals surface area contributed by atoms with E-state index in [9.17, 15) is 9.59 Å². The lowest BCUT2D eigenvalue weighted by molar-refractivity contribution is -0.118. The Morgan fingerprint density at radius 3 is 2.67 bits per heavy atom. The number of carbonyl (C=O) groups excluding carboxylic acids is 1. The van der Waals surface area contributed by atoms with Crippen LogP contribution in [0.2, 0.25) is 5.02 Å². The van der Waals surface area contributed by atoms with Gasteiger partial charge in [0.25, 0.3) is 5.56 Å². The van der Waals surface area contributed by atoms with E-state index in [1.54, 1.807) is 28.0 Å². The van der Waals surface area contributed by atoms with Gasteiger partial charge < -0.3 is 5.32 Å². The van der Waals surface area contributed by atoms with Crippen molar-refractivity contribution >= 4 is 50.8 Å². The van der Waals surface area contributed by atoms with Gasteiger partial charge in [-0.25, -0.2) is 4.98 Å². The zero-order valence-electron chi connectivity index (χ0n) is 17.8. The van der Waals surface area contributed by atoms with E-state index >= 15 is 0 Å². The Kier molecular flexibility index (Phi) is 6.53. The van der Waals surface area contributed by atoms with Crippen LogP contribution in [0.3, 0.4) is 0 Å². The molecule has 2 aromatic carbocycles. The summed E-state index contributed by atoms with van der Waals surface area (Å²) < 4.78 is 1.72. The lowest BCUT2D eigenvalue weighted by Crippen LogP contribution is -2.27. The smallest absolute Gasteiger partial charge is 0.263 e. The van der Waals surface area contributed by atoms with E-state index in [0.717, 1.165) is 40.6 Å². The van der Waals surface area contributed by atoms with Gasteiger partial charge in [0.2, 0.25) is 5.91 Å². The van der Waals surface area contributed by atoms with Gasteiger partial charge in [-0.1, -0.05) is 65.8 Å². The highest BCUT2D eigenvalue weighted by Gasteiger charge is 2.23. The van der Waals surface area contributed by atoms with Crippen molar-refractivity contribution in [3.63, 3.8) is 0 Å². The highest BCUT2D eigenvalue weighted by molar-refractivity contribution is 7.99. The summed E-state index contributed by atoms with van der Waals surface area (Å²) in [5.74, 6) is 0.0787. The molecule has 5 nitrogen and oxygen atoms in total. The van der Waals surface area contributed by atoms with Crippen LogP contribution in [0.5, 0.6) is 0 Å². The largest absolute Gasteiger partial charge is 0.351 e. The van der Waals surface area contributed by atoms with E-state index in [4.69, 9.17) is 16.6 Å². The van der Waals surface area contributed by atoms with Crippen molar-refractivity contribution in [2.24, 2.45) is 0 Å². The summed E-state index contributed by atoms with van der Waals surface area (Å²) in [5, 5.41) is 4.94. The summed E-state index contributed by atoms with van der Waals surface area (Å²) in [5.41, 5.74) is 3.17. The fourth-order valence-electron chi connectivity index (χ4n) is 4.06. The molecule has 4 aromatic rings. The number of benzene rings is 2. The van der Waals surface area contributed by atoms with E-state index in [2.05, 4.69) is 5.32 Å². The highest BCUT2D eigenvalue weighted by Crippen LogP contribution is 2.35. The average Bonchev–Trinajstić information content (AvgIpc) is 3.41. The van der Waals surface area contributed by atoms with Crippen molar-refractivity contribution in [2.75, 3.05) is 5.75 Å². The Balaban J connectivity index is 1.39. The standard InChI is InChI=1S/C25H22ClN3O2S2/c26-18-11-9-16(10-12-18)13-27-21(30)15-32-25-28-23-22(19-7-4-8-20(19)33-23)24(31)29(25)14-17-5-2-1-3-6-17/h1-3,5-6,9-12H,4,7-8,13-15H2,(H,27,30). The molecular weight excluding hydrogens is 474 g/mol. The number of thioether (sulfide) groups is 1. The van der Waals surface area contributed by atoms with E-state index in [0.29, 0.717) is 23.3 Å². The van der Waals surface area contributed by atoms with Crippen LogP contribution in [-0.2, 0) is 30.7 Å². The number of aryl methyl sites for hydroxylation is 2. The second kappa shape index (κ2) is 9.71. The molecule has 0 bridgehead atoms. The zero-order valence-corrected chi connectivity index (χ0v) is 20.2. The number of nitrogens with zero attached hydrogens (tertiary/aromatic N) is 2. The quantitative estimate of drug-likeness (QED) is 0.287. The molecule has 0 unspecified atom stereocenters. The number of hydrogen-bond donors (Lipinski definition) is 1. The van der Waals surface area contributed by atoms with Gasteiger partial charge in [-0.3, -0.25) is 14.2 Å². The summed E-state index contributed by atoms with van der Waals surface area (Å²) in [4.78, 5) is 33.0. The molecule has 0 radical (unpaired) electrons. The van der Waals surface area contributed by atoms with Crippen molar-refractivity contribution in [1.29, 1.82) is 0 Å². The van der Waals surface area contributed by atoms with Crippen molar-refractivity contribution in [2.45, 2.75) is 37.5 Å². The van der Waals surface area contributed by atoms with E-state index in [1.165, 1.54) is 22.2 Å². The molecular formula is C25H22ClN3O2S2. The molecule has 168 valence electrons. The lowest BCUT2D eigenvalue weighted by Gasteiger charge is -2.13. The van der Waals surface area contributed by atoms with Crippen LogP contribution in [0.1, 0.15) is 28.0 Å². The van der Waals surface area contributed by atoms with E-state index in [1.807, 2.05) is 42.5 Å². The minimum atomic E-state index is -0.107. The first-order valence-corrected chi connectivity index (χ1v) is 13.0. The van der Waals surface area contributed by atoms with Crippen LogP contribution in [-0.4, -0.2) is 21.2 Å². The van der Waals surface area contributed by atoms with Gasteiger partial charge in [0.15, 0.2) is 5.16 Å². The lowest BCUT2D eigenvalue weighted by atomic mass is 10.2. The third-order valence-electron chi connectivity index (χ3n) is 5.71. The molecule has 1 amide bonds. The van der Waals surface area contributed by atoms with Crippen molar-refractivity contribution < 1.29 is 4.79 Å². The van der Waals surface area contributed by atoms with Gasteiger partial charge in [-0.05, 0) is 48.1 Å². The zero-order chi connectivity index (χ0) is 22.8. The summed E-state index contributed by atoms with van der Waals surface area (Å²) in [6.45, 7) is 0.861. The third kappa shape index (κ3) is 4.86. The summed E-state index contributed by atoms with van der Waals surface area (Å²) >= 11 is 8.85. The Morgan fingerprint density at radius 1 is 1.09 bits per heavy atom. The Morgan fingerprint density at radius 2 is 1.88 bits per heavy atom. The second-order valence-corrected chi connectivity index (χ2v) is 10.5. The number of fused-ring (bicyclic) bond motifs is 3. The number of thiophene rings is 1. The van der Waals surface area contributed by atoms with Crippen molar-refractivity contribution in [1.82, 2.24) is 14.9 Å². The number of hydrogen-bond acceptors (Lipinski definition) is 5.